The van der Waals surface area contributed by atoms with E-state index in [9.17, 15) is 4.79 Å². The van der Waals surface area contributed by atoms with Crippen LogP contribution < -0.4 is 24.8 Å². The lowest BCUT2D eigenvalue weighted by Crippen LogP contribution is -2.54. The van der Waals surface area contributed by atoms with E-state index in [0.29, 0.717) is 22.8 Å². The number of para-hydroxylation sites is 1. The Labute approximate surface area is 224 Å². The second kappa shape index (κ2) is 9.31. The molecule has 2 N–H and O–H groups in total. The van der Waals surface area contributed by atoms with Crippen LogP contribution in [0, 0.1) is 0 Å². The molecule has 1 amide bonds. The normalized spacial score (nSPS) is 15.8. The highest BCUT2D eigenvalue weighted by Crippen LogP contribution is 2.50. The number of rotatable bonds is 6. The smallest absolute Gasteiger partial charge is 0.256 e. The number of anilines is 1. The van der Waals surface area contributed by atoms with Crippen LogP contribution >= 0.6 is 22.7 Å². The molecule has 0 saturated heterocycles. The monoisotopic (exact) mass is 537 g/mol. The second-order valence-corrected chi connectivity index (χ2v) is 12.3. The zero-order valence-corrected chi connectivity index (χ0v) is 23.7. The second-order valence-electron chi connectivity index (χ2n) is 10.3. The van der Waals surface area contributed by atoms with Crippen LogP contribution in [0.15, 0.2) is 36.4 Å². The number of ether oxygens (including phenoxy) is 3. The zero-order valence-electron chi connectivity index (χ0n) is 22.1. The van der Waals surface area contributed by atoms with Crippen molar-refractivity contribution in [3.05, 3.63) is 52.4 Å². The Kier molecular flexibility index (Phi) is 6.42. The predicted octanol–water partition coefficient (Wildman–Crippen LogP) is 6.46. The number of methoxy groups -OCH3 is 3. The molecule has 4 aromatic rings. The van der Waals surface area contributed by atoms with Gasteiger partial charge < -0.3 is 24.8 Å². The number of carbonyl (C=O) groups excluding carboxylic acids is 1. The summed E-state index contributed by atoms with van der Waals surface area (Å²) >= 11 is 3.26. The van der Waals surface area contributed by atoms with Gasteiger partial charge in [0.05, 0.1) is 31.5 Å². The SMILES string of the molecule is COc1cc(C(=O)Nc2sc3c(c2-c2nc4ccccc4s2)CC(C)(C)NC3(C)C)cc(OC)c1OC. The third-order valence-electron chi connectivity index (χ3n) is 6.51. The van der Waals surface area contributed by atoms with Crippen molar-refractivity contribution < 1.29 is 19.0 Å². The van der Waals surface area contributed by atoms with Gasteiger partial charge in [-0.05, 0) is 63.9 Å². The predicted molar refractivity (Wildman–Crippen MR) is 151 cm³/mol. The average Bonchev–Trinajstić information content (AvgIpc) is 3.42. The molecule has 5 rings (SSSR count). The van der Waals surface area contributed by atoms with Gasteiger partial charge in [0.15, 0.2) is 11.5 Å². The Hall–Kier alpha value is -3.14. The first kappa shape index (κ1) is 25.5. The molecule has 0 radical (unpaired) electrons. The highest BCUT2D eigenvalue weighted by Gasteiger charge is 2.41. The van der Waals surface area contributed by atoms with Crippen LogP contribution in [-0.2, 0) is 12.0 Å². The molecule has 0 bridgehead atoms. The highest BCUT2D eigenvalue weighted by atomic mass is 32.1. The Balaban J connectivity index is 1.64. The minimum atomic E-state index is -0.261. The molecule has 0 unspecified atom stereocenters. The molecule has 9 heteroatoms. The topological polar surface area (TPSA) is 81.7 Å². The molecule has 2 aromatic carbocycles. The number of thiazole rings is 1. The van der Waals surface area contributed by atoms with Crippen LogP contribution in [0.2, 0.25) is 0 Å². The number of amides is 1. The molecule has 0 aliphatic carbocycles. The maximum absolute atomic E-state index is 13.6. The molecular formula is C28H31N3O4S2. The summed E-state index contributed by atoms with van der Waals surface area (Å²) in [4.78, 5) is 19.8. The summed E-state index contributed by atoms with van der Waals surface area (Å²) in [5.41, 5.74) is 3.23. The summed E-state index contributed by atoms with van der Waals surface area (Å²) < 4.78 is 17.5. The molecule has 1 aliphatic heterocycles. The molecule has 3 heterocycles. The third-order valence-corrected chi connectivity index (χ3v) is 9.03. The third kappa shape index (κ3) is 4.56. The first-order chi connectivity index (χ1) is 17.6. The van der Waals surface area contributed by atoms with Crippen LogP contribution in [0.25, 0.3) is 20.8 Å². The highest BCUT2D eigenvalue weighted by molar-refractivity contribution is 7.23. The summed E-state index contributed by atoms with van der Waals surface area (Å²) in [6.07, 6.45) is 0.827. The maximum Gasteiger partial charge on any atom is 0.256 e. The van der Waals surface area contributed by atoms with E-state index in [1.807, 2.05) is 18.2 Å². The van der Waals surface area contributed by atoms with Gasteiger partial charge in [-0.2, -0.15) is 0 Å². The van der Waals surface area contributed by atoms with Crippen LogP contribution in [0.3, 0.4) is 0 Å². The Morgan fingerprint density at radius 1 is 1.00 bits per heavy atom. The summed E-state index contributed by atoms with van der Waals surface area (Å²) in [7, 11) is 4.61. The van der Waals surface area contributed by atoms with E-state index in [2.05, 4.69) is 44.4 Å². The van der Waals surface area contributed by atoms with E-state index in [1.54, 1.807) is 34.8 Å². The van der Waals surface area contributed by atoms with Crippen LogP contribution in [0.5, 0.6) is 17.2 Å². The van der Waals surface area contributed by atoms with Crippen LogP contribution in [-0.4, -0.2) is 37.8 Å². The van der Waals surface area contributed by atoms with Crippen molar-refractivity contribution in [1.29, 1.82) is 0 Å². The number of hydrogen-bond acceptors (Lipinski definition) is 8. The van der Waals surface area contributed by atoms with Crippen molar-refractivity contribution in [2.75, 3.05) is 26.6 Å². The number of aromatic nitrogens is 1. The van der Waals surface area contributed by atoms with Crippen molar-refractivity contribution in [3.63, 3.8) is 0 Å². The average molecular weight is 538 g/mol. The number of nitrogens with one attached hydrogen (secondary N) is 2. The minimum Gasteiger partial charge on any atom is -0.493 e. The fourth-order valence-electron chi connectivity index (χ4n) is 5.21. The molecule has 1 aliphatic rings. The Morgan fingerprint density at radius 2 is 1.68 bits per heavy atom. The van der Waals surface area contributed by atoms with Gasteiger partial charge in [-0.1, -0.05) is 12.1 Å². The van der Waals surface area contributed by atoms with Crippen molar-refractivity contribution in [2.24, 2.45) is 0 Å². The summed E-state index contributed by atoms with van der Waals surface area (Å²) in [6.45, 7) is 8.81. The summed E-state index contributed by atoms with van der Waals surface area (Å²) in [5.74, 6) is 1.04. The van der Waals surface area contributed by atoms with Crippen molar-refractivity contribution in [1.82, 2.24) is 10.3 Å². The van der Waals surface area contributed by atoms with E-state index < -0.39 is 0 Å². The first-order valence-corrected chi connectivity index (χ1v) is 13.6. The van der Waals surface area contributed by atoms with Gasteiger partial charge in [-0.15, -0.1) is 22.7 Å². The number of carbonyl (C=O) groups is 1. The van der Waals surface area contributed by atoms with E-state index >= 15 is 0 Å². The fourth-order valence-corrected chi connectivity index (χ4v) is 7.59. The van der Waals surface area contributed by atoms with Gasteiger partial charge >= 0.3 is 0 Å². The van der Waals surface area contributed by atoms with Gasteiger partial charge in [0.25, 0.3) is 5.91 Å². The largest absolute Gasteiger partial charge is 0.493 e. The first-order valence-electron chi connectivity index (χ1n) is 12.0. The van der Waals surface area contributed by atoms with Gasteiger partial charge in [-0.3, -0.25) is 4.79 Å². The van der Waals surface area contributed by atoms with E-state index in [0.717, 1.165) is 32.2 Å². The van der Waals surface area contributed by atoms with E-state index in [-0.39, 0.29) is 17.0 Å². The lowest BCUT2D eigenvalue weighted by molar-refractivity contribution is 0.102. The lowest BCUT2D eigenvalue weighted by Gasteiger charge is -2.42. The lowest BCUT2D eigenvalue weighted by atomic mass is 9.81. The zero-order chi connectivity index (χ0) is 26.5. The molecule has 0 saturated carbocycles. The quantitative estimate of drug-likeness (QED) is 0.294. The number of benzene rings is 2. The van der Waals surface area contributed by atoms with E-state index in [4.69, 9.17) is 19.2 Å². The molecule has 37 heavy (non-hydrogen) atoms. The van der Waals surface area contributed by atoms with Crippen LogP contribution in [0.1, 0.15) is 48.5 Å². The molecule has 0 spiro atoms. The number of hydrogen-bond donors (Lipinski definition) is 2. The molecule has 0 atom stereocenters. The Morgan fingerprint density at radius 3 is 2.30 bits per heavy atom. The van der Waals surface area contributed by atoms with Crippen molar-refractivity contribution in [2.45, 2.75) is 45.2 Å². The standard InChI is InChI=1S/C28H31N3O4S2/c1-27(2)14-16-21(25-29-17-10-8-9-11-20(17)36-25)26(37-23(16)28(3,4)31-27)30-24(32)15-12-18(33-5)22(35-7)19(13-15)34-6/h8-13,31H,14H2,1-7H3,(H,30,32). The number of fused-ring (bicyclic) bond motifs is 2. The van der Waals surface area contributed by atoms with E-state index in [1.165, 1.54) is 31.8 Å². The van der Waals surface area contributed by atoms with Gasteiger partial charge in [0, 0.05) is 27.1 Å². The number of nitrogens with zero attached hydrogens (tertiary/aromatic N) is 1. The molecule has 7 nitrogen and oxygen atoms in total. The summed E-state index contributed by atoms with van der Waals surface area (Å²) in [6, 6.07) is 11.5. The molecule has 0 fully saturated rings. The van der Waals surface area contributed by atoms with Crippen LogP contribution in [0.4, 0.5) is 5.00 Å². The molecule has 194 valence electrons. The number of thiophene rings is 1. The van der Waals surface area contributed by atoms with Gasteiger partial charge in [-0.25, -0.2) is 4.98 Å². The Bertz CT molecular complexity index is 1440. The van der Waals surface area contributed by atoms with Crippen molar-refractivity contribution >= 4 is 43.8 Å². The molecule has 2 aromatic heterocycles. The summed E-state index contributed by atoms with van der Waals surface area (Å²) in [5, 5.41) is 8.66. The molecular weight excluding hydrogens is 506 g/mol. The van der Waals surface area contributed by atoms with Gasteiger partial charge in [0.1, 0.15) is 10.0 Å². The minimum absolute atomic E-state index is 0.110. The van der Waals surface area contributed by atoms with Gasteiger partial charge in [0.2, 0.25) is 5.75 Å². The maximum atomic E-state index is 13.6. The fraction of sp³-hybridized carbons (Fsp3) is 0.357. The van der Waals surface area contributed by atoms with Crippen molar-refractivity contribution in [3.8, 4) is 27.8 Å².